The molecule has 0 fully saturated rings. The number of hydrogen-bond acceptors (Lipinski definition) is 5. The van der Waals surface area contributed by atoms with E-state index in [0.29, 0.717) is 23.1 Å². The van der Waals surface area contributed by atoms with Crippen molar-refractivity contribution in [1.29, 1.82) is 0 Å². The average molecular weight is 435 g/mol. The first-order valence-corrected chi connectivity index (χ1v) is 10.4. The van der Waals surface area contributed by atoms with Gasteiger partial charge in [0, 0.05) is 34.4 Å². The molecule has 8 heteroatoms. The van der Waals surface area contributed by atoms with Gasteiger partial charge in [-0.05, 0) is 29.8 Å². The van der Waals surface area contributed by atoms with Gasteiger partial charge >= 0.3 is 0 Å². The van der Waals surface area contributed by atoms with Gasteiger partial charge in [-0.1, -0.05) is 29.3 Å². The van der Waals surface area contributed by atoms with Crippen LogP contribution in [0.5, 0.6) is 11.5 Å². The highest BCUT2D eigenvalue weighted by molar-refractivity contribution is 8.00. The lowest BCUT2D eigenvalue weighted by atomic mass is 10.1. The lowest BCUT2D eigenvalue weighted by molar-refractivity contribution is 0.0355. The van der Waals surface area contributed by atoms with Crippen LogP contribution in [0, 0.1) is 0 Å². The Kier molecular flexibility index (Phi) is 4.88. The fourth-order valence-corrected chi connectivity index (χ4v) is 5.39. The number of benzene rings is 2. The summed E-state index contributed by atoms with van der Waals surface area (Å²) < 4.78 is 19.5. The van der Waals surface area contributed by atoms with E-state index in [1.54, 1.807) is 18.0 Å². The number of ether oxygens (including phenoxy) is 3. The molecule has 0 saturated heterocycles. The van der Waals surface area contributed by atoms with Crippen LogP contribution >= 0.6 is 35.0 Å². The van der Waals surface area contributed by atoms with Crippen molar-refractivity contribution in [3.8, 4) is 11.5 Å². The minimum atomic E-state index is -0.103. The van der Waals surface area contributed by atoms with Gasteiger partial charge in [-0.2, -0.15) is 0 Å². The number of rotatable bonds is 5. The van der Waals surface area contributed by atoms with Gasteiger partial charge in [0.15, 0.2) is 11.5 Å². The van der Waals surface area contributed by atoms with Crippen LogP contribution in [0.15, 0.2) is 53.9 Å². The van der Waals surface area contributed by atoms with E-state index in [9.17, 15) is 0 Å². The molecule has 1 aromatic heterocycles. The summed E-state index contributed by atoms with van der Waals surface area (Å²) >= 11 is 14.4. The Labute approximate surface area is 176 Å². The SMILES string of the molecule is Clc1ccc2c(c1)S[C@H](Cn1ccnc1)[C@@H]2OCc1c(Cl)ccc2c1OCO2. The molecule has 0 bridgehead atoms. The van der Waals surface area contributed by atoms with E-state index in [4.69, 9.17) is 37.4 Å². The third kappa shape index (κ3) is 3.35. The molecule has 0 spiro atoms. The predicted octanol–water partition coefficient (Wildman–Crippen LogP) is 5.35. The van der Waals surface area contributed by atoms with Gasteiger partial charge in [-0.15, -0.1) is 11.8 Å². The molecule has 2 aliphatic heterocycles. The van der Waals surface area contributed by atoms with Gasteiger partial charge in [0.1, 0.15) is 0 Å². The average Bonchev–Trinajstić information content (AvgIpc) is 3.41. The van der Waals surface area contributed by atoms with Crippen LogP contribution in [-0.4, -0.2) is 21.6 Å². The maximum atomic E-state index is 6.42. The maximum Gasteiger partial charge on any atom is 0.231 e. The van der Waals surface area contributed by atoms with Crippen molar-refractivity contribution < 1.29 is 14.2 Å². The van der Waals surface area contributed by atoms with Gasteiger partial charge in [-0.3, -0.25) is 0 Å². The van der Waals surface area contributed by atoms with E-state index >= 15 is 0 Å². The van der Waals surface area contributed by atoms with Crippen molar-refractivity contribution in [1.82, 2.24) is 9.55 Å². The second kappa shape index (κ2) is 7.52. The van der Waals surface area contributed by atoms with Gasteiger partial charge in [0.25, 0.3) is 0 Å². The molecule has 2 aliphatic rings. The number of hydrogen-bond donors (Lipinski definition) is 0. The predicted molar refractivity (Wildman–Crippen MR) is 108 cm³/mol. The van der Waals surface area contributed by atoms with Crippen molar-refractivity contribution in [2.75, 3.05) is 6.79 Å². The Hall–Kier alpha value is -1.86. The minimum absolute atomic E-state index is 0.103. The van der Waals surface area contributed by atoms with Crippen molar-refractivity contribution in [3.63, 3.8) is 0 Å². The van der Waals surface area contributed by atoms with Crippen LogP contribution in [0.3, 0.4) is 0 Å². The molecular formula is C20H16Cl2N2O3S. The minimum Gasteiger partial charge on any atom is -0.454 e. The fraction of sp³-hybridized carbons (Fsp3) is 0.250. The first-order valence-electron chi connectivity index (χ1n) is 8.79. The molecule has 144 valence electrons. The Morgan fingerprint density at radius 2 is 2.14 bits per heavy atom. The van der Waals surface area contributed by atoms with E-state index in [1.165, 1.54) is 0 Å². The molecule has 5 rings (SSSR count). The zero-order valence-electron chi connectivity index (χ0n) is 14.7. The number of halogens is 2. The number of aromatic nitrogens is 2. The molecular weight excluding hydrogens is 419 g/mol. The van der Waals surface area contributed by atoms with Gasteiger partial charge in [-0.25, -0.2) is 4.98 Å². The summed E-state index contributed by atoms with van der Waals surface area (Å²) in [6.07, 6.45) is 5.46. The Bertz CT molecular complexity index is 1010. The first kappa shape index (κ1) is 18.2. The smallest absolute Gasteiger partial charge is 0.231 e. The molecule has 0 radical (unpaired) electrons. The molecule has 3 heterocycles. The number of thioether (sulfide) groups is 1. The lowest BCUT2D eigenvalue weighted by Crippen LogP contribution is -2.19. The van der Waals surface area contributed by atoms with Gasteiger partial charge < -0.3 is 18.8 Å². The van der Waals surface area contributed by atoms with E-state index < -0.39 is 0 Å². The van der Waals surface area contributed by atoms with Crippen molar-refractivity contribution in [2.24, 2.45) is 0 Å². The van der Waals surface area contributed by atoms with Crippen LogP contribution in [-0.2, 0) is 17.9 Å². The highest BCUT2D eigenvalue weighted by Crippen LogP contribution is 2.49. The molecule has 2 atom stereocenters. The molecule has 0 amide bonds. The number of imidazole rings is 1. The topological polar surface area (TPSA) is 45.5 Å². The van der Waals surface area contributed by atoms with Crippen molar-refractivity contribution >= 4 is 35.0 Å². The van der Waals surface area contributed by atoms with Gasteiger partial charge in [0.2, 0.25) is 6.79 Å². The van der Waals surface area contributed by atoms with Crippen LogP contribution in [0.25, 0.3) is 0 Å². The van der Waals surface area contributed by atoms with E-state index in [0.717, 1.165) is 27.6 Å². The third-order valence-electron chi connectivity index (χ3n) is 4.84. The van der Waals surface area contributed by atoms with E-state index in [2.05, 4.69) is 9.55 Å². The van der Waals surface area contributed by atoms with Gasteiger partial charge in [0.05, 0.1) is 29.3 Å². The largest absolute Gasteiger partial charge is 0.454 e. The van der Waals surface area contributed by atoms with Crippen molar-refractivity contribution in [3.05, 3.63) is 70.2 Å². The van der Waals surface area contributed by atoms with Crippen LogP contribution in [0.1, 0.15) is 17.2 Å². The molecule has 0 unspecified atom stereocenters. The summed E-state index contributed by atoms with van der Waals surface area (Å²) in [5.41, 5.74) is 1.95. The Morgan fingerprint density at radius 1 is 1.21 bits per heavy atom. The Morgan fingerprint density at radius 3 is 3.00 bits per heavy atom. The summed E-state index contributed by atoms with van der Waals surface area (Å²) in [6, 6.07) is 9.57. The highest BCUT2D eigenvalue weighted by atomic mass is 35.5. The normalized spacial score (nSPS) is 19.8. The molecule has 3 aromatic rings. The second-order valence-electron chi connectivity index (χ2n) is 6.59. The molecule has 2 aromatic carbocycles. The summed E-state index contributed by atoms with van der Waals surface area (Å²) in [4.78, 5) is 5.29. The molecule has 0 aliphatic carbocycles. The number of nitrogens with zero attached hydrogens (tertiary/aromatic N) is 2. The monoisotopic (exact) mass is 434 g/mol. The maximum absolute atomic E-state index is 6.42. The van der Waals surface area contributed by atoms with Crippen LogP contribution in [0.4, 0.5) is 0 Å². The summed E-state index contributed by atoms with van der Waals surface area (Å²) in [5, 5.41) is 1.52. The first-order chi connectivity index (χ1) is 13.7. The lowest BCUT2D eigenvalue weighted by Gasteiger charge is -2.21. The molecule has 0 N–H and O–H groups in total. The fourth-order valence-electron chi connectivity index (χ4n) is 3.52. The van der Waals surface area contributed by atoms with E-state index in [1.807, 2.05) is 42.9 Å². The summed E-state index contributed by atoms with van der Waals surface area (Å²) in [5.74, 6) is 1.37. The quantitative estimate of drug-likeness (QED) is 0.541. The summed E-state index contributed by atoms with van der Waals surface area (Å²) in [7, 11) is 0. The summed E-state index contributed by atoms with van der Waals surface area (Å²) in [6.45, 7) is 1.31. The van der Waals surface area contributed by atoms with Crippen LogP contribution in [0.2, 0.25) is 10.0 Å². The zero-order chi connectivity index (χ0) is 19.1. The molecule has 5 nitrogen and oxygen atoms in total. The zero-order valence-corrected chi connectivity index (χ0v) is 17.0. The third-order valence-corrected chi connectivity index (χ3v) is 6.74. The standard InChI is InChI=1S/C20H16Cl2N2O3S/c21-12-1-2-13-17(7-12)28-18(8-24-6-5-23-10-24)20(13)25-9-14-15(22)3-4-16-19(14)27-11-26-16/h1-7,10,18,20H,8-9,11H2/t18-,20-/m1/s1. The molecule has 0 saturated carbocycles. The number of fused-ring (bicyclic) bond motifs is 2. The van der Waals surface area contributed by atoms with Crippen LogP contribution < -0.4 is 9.47 Å². The van der Waals surface area contributed by atoms with E-state index in [-0.39, 0.29) is 18.1 Å². The second-order valence-corrected chi connectivity index (χ2v) is 8.71. The highest BCUT2D eigenvalue weighted by Gasteiger charge is 2.35. The Balaban J connectivity index is 1.42. The van der Waals surface area contributed by atoms with Crippen molar-refractivity contribution in [2.45, 2.75) is 29.4 Å². The molecule has 28 heavy (non-hydrogen) atoms.